The van der Waals surface area contributed by atoms with E-state index in [0.29, 0.717) is 5.46 Å². The van der Waals surface area contributed by atoms with Crippen molar-refractivity contribution in [2.75, 3.05) is 13.1 Å². The number of nitrogens with zero attached hydrogens (tertiary/aromatic N) is 1. The molecule has 0 aliphatic carbocycles. The Morgan fingerprint density at radius 2 is 1.88 bits per heavy atom. The summed E-state index contributed by atoms with van der Waals surface area (Å²) in [5.41, 5.74) is 1.73. The molecule has 1 fully saturated rings. The second kappa shape index (κ2) is 6.25. The topological polar surface area (TPSA) is 43.7 Å². The highest BCUT2D eigenvalue weighted by Crippen LogP contribution is 2.11. The summed E-state index contributed by atoms with van der Waals surface area (Å²) in [7, 11) is -1.36. The first-order valence-corrected chi connectivity index (χ1v) is 5.43. The van der Waals surface area contributed by atoms with E-state index >= 15 is 0 Å². The molecule has 88 valence electrons. The van der Waals surface area contributed by atoms with Crippen LogP contribution < -0.4 is 5.46 Å². The van der Waals surface area contributed by atoms with Gasteiger partial charge in [0.15, 0.2) is 0 Å². The summed E-state index contributed by atoms with van der Waals surface area (Å²) < 4.78 is 0. The smallest absolute Gasteiger partial charge is 0.423 e. The molecule has 1 saturated heterocycles. The molecule has 1 aromatic rings. The van der Waals surface area contributed by atoms with Crippen molar-refractivity contribution in [2.24, 2.45) is 0 Å². The Labute approximate surface area is 103 Å². The third-order valence-electron chi connectivity index (χ3n) is 2.85. The Morgan fingerprint density at radius 1 is 1.19 bits per heavy atom. The SMILES string of the molecule is Cl.OB(O)c1cccc(CN2CCCC2)c1. The summed E-state index contributed by atoms with van der Waals surface area (Å²) in [6, 6.07) is 7.51. The van der Waals surface area contributed by atoms with E-state index in [0.717, 1.165) is 25.2 Å². The average Bonchev–Trinajstić information content (AvgIpc) is 2.71. The lowest BCUT2D eigenvalue weighted by Gasteiger charge is -2.14. The van der Waals surface area contributed by atoms with E-state index in [-0.39, 0.29) is 12.4 Å². The monoisotopic (exact) mass is 241 g/mol. The van der Waals surface area contributed by atoms with Crippen LogP contribution in [0.1, 0.15) is 18.4 Å². The van der Waals surface area contributed by atoms with Gasteiger partial charge in [-0.2, -0.15) is 0 Å². The first kappa shape index (κ1) is 13.5. The van der Waals surface area contributed by atoms with Crippen LogP contribution in [-0.2, 0) is 6.54 Å². The molecule has 1 aromatic carbocycles. The number of benzene rings is 1. The molecule has 0 aromatic heterocycles. The maximum Gasteiger partial charge on any atom is 0.488 e. The van der Waals surface area contributed by atoms with Crippen LogP contribution >= 0.6 is 12.4 Å². The van der Waals surface area contributed by atoms with Gasteiger partial charge in [0.05, 0.1) is 0 Å². The molecule has 1 aliphatic rings. The Morgan fingerprint density at radius 3 is 2.50 bits per heavy atom. The van der Waals surface area contributed by atoms with Gasteiger partial charge in [-0.1, -0.05) is 24.3 Å². The van der Waals surface area contributed by atoms with Crippen molar-refractivity contribution >= 4 is 25.0 Å². The van der Waals surface area contributed by atoms with Crippen LogP contribution in [-0.4, -0.2) is 35.2 Å². The van der Waals surface area contributed by atoms with E-state index < -0.39 is 7.12 Å². The lowest BCUT2D eigenvalue weighted by molar-refractivity contribution is 0.331. The molecule has 0 radical (unpaired) electrons. The van der Waals surface area contributed by atoms with Gasteiger partial charge in [0.1, 0.15) is 0 Å². The quantitative estimate of drug-likeness (QED) is 0.752. The second-order valence-corrected chi connectivity index (χ2v) is 4.10. The van der Waals surface area contributed by atoms with Crippen LogP contribution in [0.4, 0.5) is 0 Å². The molecule has 0 bridgehead atoms. The van der Waals surface area contributed by atoms with Crippen molar-refractivity contribution in [2.45, 2.75) is 19.4 Å². The fourth-order valence-corrected chi connectivity index (χ4v) is 2.05. The summed E-state index contributed by atoms with van der Waals surface area (Å²) in [6.45, 7) is 3.23. The van der Waals surface area contributed by atoms with Gasteiger partial charge in [-0.15, -0.1) is 12.4 Å². The number of hydrogen-bond acceptors (Lipinski definition) is 3. The zero-order valence-electron chi connectivity index (χ0n) is 9.17. The van der Waals surface area contributed by atoms with Crippen LogP contribution in [0, 0.1) is 0 Å². The van der Waals surface area contributed by atoms with Crippen LogP contribution in [0.15, 0.2) is 24.3 Å². The highest BCUT2D eigenvalue weighted by Gasteiger charge is 2.14. The lowest BCUT2D eigenvalue weighted by atomic mass is 9.79. The summed E-state index contributed by atoms with van der Waals surface area (Å²) in [4.78, 5) is 2.39. The van der Waals surface area contributed by atoms with Crippen molar-refractivity contribution in [3.8, 4) is 0 Å². The molecule has 0 amide bonds. The van der Waals surface area contributed by atoms with E-state index in [1.54, 1.807) is 6.07 Å². The molecule has 1 heterocycles. The minimum absolute atomic E-state index is 0. The zero-order chi connectivity index (χ0) is 10.7. The van der Waals surface area contributed by atoms with Crippen LogP contribution in [0.2, 0.25) is 0 Å². The van der Waals surface area contributed by atoms with Crippen LogP contribution in [0.25, 0.3) is 0 Å². The van der Waals surface area contributed by atoms with Gasteiger partial charge < -0.3 is 10.0 Å². The van der Waals surface area contributed by atoms with E-state index in [1.807, 2.05) is 18.2 Å². The normalized spacial score (nSPS) is 15.9. The molecule has 0 unspecified atom stereocenters. The second-order valence-electron chi connectivity index (χ2n) is 4.10. The van der Waals surface area contributed by atoms with Gasteiger partial charge in [0, 0.05) is 6.54 Å². The Hall–Kier alpha value is -0.545. The molecule has 16 heavy (non-hydrogen) atoms. The number of hydrogen-bond donors (Lipinski definition) is 2. The highest BCUT2D eigenvalue weighted by atomic mass is 35.5. The molecule has 0 saturated carbocycles. The van der Waals surface area contributed by atoms with Crippen molar-refractivity contribution in [3.05, 3.63) is 29.8 Å². The molecule has 0 spiro atoms. The van der Waals surface area contributed by atoms with E-state index in [2.05, 4.69) is 4.90 Å². The van der Waals surface area contributed by atoms with Crippen molar-refractivity contribution in [1.82, 2.24) is 4.90 Å². The predicted molar refractivity (Wildman–Crippen MR) is 68.0 cm³/mol. The van der Waals surface area contributed by atoms with Gasteiger partial charge in [-0.25, -0.2) is 0 Å². The van der Waals surface area contributed by atoms with E-state index in [4.69, 9.17) is 10.0 Å². The zero-order valence-corrected chi connectivity index (χ0v) is 9.99. The van der Waals surface area contributed by atoms with Gasteiger partial charge in [0.25, 0.3) is 0 Å². The van der Waals surface area contributed by atoms with Crippen molar-refractivity contribution in [1.29, 1.82) is 0 Å². The average molecular weight is 242 g/mol. The number of halogens is 1. The molecule has 2 N–H and O–H groups in total. The van der Waals surface area contributed by atoms with Crippen molar-refractivity contribution < 1.29 is 10.0 Å². The molecule has 0 atom stereocenters. The molecule has 2 rings (SSSR count). The standard InChI is InChI=1S/C11H16BNO2.ClH/c14-12(15)11-5-3-4-10(8-11)9-13-6-1-2-7-13;/h3-5,8,14-15H,1-2,6-7,9H2;1H. The van der Waals surface area contributed by atoms with Crippen molar-refractivity contribution in [3.63, 3.8) is 0 Å². The molecule has 1 aliphatic heterocycles. The number of likely N-dealkylation sites (tertiary alicyclic amines) is 1. The van der Waals surface area contributed by atoms with E-state index in [9.17, 15) is 0 Å². The minimum Gasteiger partial charge on any atom is -0.423 e. The highest BCUT2D eigenvalue weighted by molar-refractivity contribution is 6.58. The van der Waals surface area contributed by atoms with Gasteiger partial charge in [0.2, 0.25) is 0 Å². The molecular formula is C11H17BClNO2. The minimum atomic E-state index is -1.36. The van der Waals surface area contributed by atoms with Gasteiger partial charge >= 0.3 is 7.12 Å². The Bertz CT molecular complexity index is 330. The molecule has 5 heteroatoms. The maximum atomic E-state index is 9.05. The Balaban J connectivity index is 0.00000128. The predicted octanol–water partition coefficient (Wildman–Crippen LogP) is 0.384. The maximum absolute atomic E-state index is 9.05. The number of rotatable bonds is 3. The summed E-state index contributed by atoms with van der Waals surface area (Å²) in [6.07, 6.45) is 2.56. The first-order valence-electron chi connectivity index (χ1n) is 5.43. The Kier molecular flexibility index (Phi) is 5.28. The van der Waals surface area contributed by atoms with Crippen LogP contribution in [0.5, 0.6) is 0 Å². The summed E-state index contributed by atoms with van der Waals surface area (Å²) in [5, 5.41) is 18.1. The fourth-order valence-electron chi connectivity index (χ4n) is 2.05. The summed E-state index contributed by atoms with van der Waals surface area (Å²) >= 11 is 0. The first-order chi connectivity index (χ1) is 7.25. The third kappa shape index (κ3) is 3.49. The van der Waals surface area contributed by atoms with E-state index in [1.165, 1.54) is 12.8 Å². The fraction of sp³-hybridized carbons (Fsp3) is 0.455. The van der Waals surface area contributed by atoms with Gasteiger partial charge in [-0.05, 0) is 37.0 Å². The lowest BCUT2D eigenvalue weighted by Crippen LogP contribution is -2.30. The van der Waals surface area contributed by atoms with Crippen LogP contribution in [0.3, 0.4) is 0 Å². The largest absolute Gasteiger partial charge is 0.488 e. The molecular weight excluding hydrogens is 224 g/mol. The molecule has 3 nitrogen and oxygen atoms in total. The summed E-state index contributed by atoms with van der Waals surface area (Å²) in [5.74, 6) is 0. The third-order valence-corrected chi connectivity index (χ3v) is 2.85. The van der Waals surface area contributed by atoms with Gasteiger partial charge in [-0.3, -0.25) is 4.90 Å².